The summed E-state index contributed by atoms with van der Waals surface area (Å²) in [5.41, 5.74) is 1.24. The van der Waals surface area contributed by atoms with E-state index in [-0.39, 0.29) is 24.2 Å². The third-order valence-corrected chi connectivity index (χ3v) is 4.81. The van der Waals surface area contributed by atoms with Gasteiger partial charge in [-0.1, -0.05) is 13.3 Å². The molecule has 136 valence electrons. The fraction of sp³-hybridized carbons (Fsp3) is 0.421. The first kappa shape index (κ1) is 16.6. The molecular weight excluding hydrogens is 338 g/mol. The minimum Gasteiger partial charge on any atom is -0.483 e. The summed E-state index contributed by atoms with van der Waals surface area (Å²) in [5, 5.41) is 11.6. The van der Waals surface area contributed by atoms with Gasteiger partial charge in [-0.15, -0.1) is 0 Å². The molecule has 1 atom stereocenters. The molecule has 3 heterocycles. The Morgan fingerprint density at radius 2 is 2.12 bits per heavy atom. The molecule has 0 spiro atoms. The minimum absolute atomic E-state index is 0.0503. The van der Waals surface area contributed by atoms with Crippen molar-refractivity contribution in [3.8, 4) is 11.5 Å². The number of esters is 1. The molecule has 0 fully saturated rings. The van der Waals surface area contributed by atoms with Crippen LogP contribution in [0.3, 0.4) is 0 Å². The lowest BCUT2D eigenvalue weighted by Crippen LogP contribution is -2.30. The van der Waals surface area contributed by atoms with Gasteiger partial charge in [-0.25, -0.2) is 0 Å². The molecule has 0 bridgehead atoms. The van der Waals surface area contributed by atoms with E-state index in [0.717, 1.165) is 18.4 Å². The number of benzene rings is 1. The largest absolute Gasteiger partial charge is 0.483 e. The number of nitrogens with zero attached hydrogens (tertiary/aromatic N) is 1. The molecular formula is C19H19NO6. The predicted octanol–water partition coefficient (Wildman–Crippen LogP) is 4.72. The normalized spacial score (nSPS) is 20.3. The maximum Gasteiger partial charge on any atom is 0.434 e. The molecule has 2 aliphatic heterocycles. The summed E-state index contributed by atoms with van der Waals surface area (Å²) in [6.07, 6.45) is 5.72. The lowest BCUT2D eigenvalue weighted by molar-refractivity contribution is -0.401. The predicted molar refractivity (Wildman–Crippen MR) is 94.5 cm³/mol. The van der Waals surface area contributed by atoms with Crippen LogP contribution in [0.2, 0.25) is 0 Å². The van der Waals surface area contributed by atoms with E-state index in [1.165, 1.54) is 6.07 Å². The van der Waals surface area contributed by atoms with Crippen LogP contribution >= 0.6 is 0 Å². The Morgan fingerprint density at radius 1 is 1.35 bits per heavy atom. The van der Waals surface area contributed by atoms with Gasteiger partial charge < -0.3 is 13.9 Å². The van der Waals surface area contributed by atoms with Gasteiger partial charge in [0, 0.05) is 11.5 Å². The second-order valence-electron chi connectivity index (χ2n) is 7.27. The van der Waals surface area contributed by atoms with Gasteiger partial charge in [-0.05, 0) is 32.4 Å². The highest BCUT2D eigenvalue weighted by atomic mass is 16.6. The summed E-state index contributed by atoms with van der Waals surface area (Å²) in [6.45, 7) is 5.91. The van der Waals surface area contributed by atoms with E-state index in [4.69, 9.17) is 13.9 Å². The van der Waals surface area contributed by atoms with Crippen LogP contribution in [-0.2, 0) is 4.79 Å². The van der Waals surface area contributed by atoms with Crippen molar-refractivity contribution in [2.75, 3.05) is 0 Å². The van der Waals surface area contributed by atoms with Crippen molar-refractivity contribution in [3.63, 3.8) is 0 Å². The van der Waals surface area contributed by atoms with Crippen LogP contribution < -0.4 is 9.47 Å². The van der Waals surface area contributed by atoms with Crippen LogP contribution in [0.5, 0.6) is 11.5 Å². The van der Waals surface area contributed by atoms with Crippen molar-refractivity contribution in [3.05, 3.63) is 33.4 Å². The molecule has 0 radical (unpaired) electrons. The minimum atomic E-state index is -0.593. The standard InChI is InChI=1S/C19H19NO6/c1-4-5-10-8-14(21)25-17-12-9-13(20(22)23)24-16(12)11-6-7-19(2,3)26-18(11)15(10)17/h6-7,9-10H,4-5,8H2,1-3H3. The molecule has 1 unspecified atom stereocenters. The Kier molecular flexibility index (Phi) is 3.57. The summed E-state index contributed by atoms with van der Waals surface area (Å²) in [7, 11) is 0. The van der Waals surface area contributed by atoms with Gasteiger partial charge in [0.05, 0.1) is 23.4 Å². The molecule has 7 heteroatoms. The van der Waals surface area contributed by atoms with Crippen molar-refractivity contribution in [2.45, 2.75) is 51.6 Å². The molecule has 2 aliphatic rings. The molecule has 4 rings (SSSR count). The maximum absolute atomic E-state index is 12.1. The van der Waals surface area contributed by atoms with Crippen molar-refractivity contribution in [1.82, 2.24) is 0 Å². The van der Waals surface area contributed by atoms with Gasteiger partial charge in [0.2, 0.25) is 0 Å². The Bertz CT molecular complexity index is 968. The van der Waals surface area contributed by atoms with Gasteiger partial charge >= 0.3 is 11.9 Å². The average Bonchev–Trinajstić information content (AvgIpc) is 2.99. The number of furan rings is 1. The van der Waals surface area contributed by atoms with Gasteiger partial charge in [-0.3, -0.25) is 14.9 Å². The summed E-state index contributed by atoms with van der Waals surface area (Å²) in [5.74, 6) is 0.145. The van der Waals surface area contributed by atoms with E-state index in [0.29, 0.717) is 28.0 Å². The lowest BCUT2D eigenvalue weighted by atomic mass is 9.84. The van der Waals surface area contributed by atoms with Crippen LogP contribution in [0, 0.1) is 10.1 Å². The highest BCUT2D eigenvalue weighted by Crippen LogP contribution is 2.53. The number of hydrogen-bond donors (Lipinski definition) is 0. The molecule has 0 N–H and O–H groups in total. The van der Waals surface area contributed by atoms with Crippen molar-refractivity contribution < 1.29 is 23.6 Å². The van der Waals surface area contributed by atoms with E-state index in [2.05, 4.69) is 6.92 Å². The Labute approximate surface area is 149 Å². The molecule has 26 heavy (non-hydrogen) atoms. The number of hydrogen-bond acceptors (Lipinski definition) is 6. The van der Waals surface area contributed by atoms with Gasteiger partial charge in [0.25, 0.3) is 0 Å². The molecule has 0 saturated carbocycles. The Hall–Kier alpha value is -2.83. The molecule has 7 nitrogen and oxygen atoms in total. The van der Waals surface area contributed by atoms with E-state index in [9.17, 15) is 14.9 Å². The van der Waals surface area contributed by atoms with Crippen LogP contribution in [0.15, 0.2) is 16.6 Å². The molecule has 0 aliphatic carbocycles. The third kappa shape index (κ3) is 2.46. The first-order valence-corrected chi connectivity index (χ1v) is 8.67. The SMILES string of the molecule is CCCC1CC(=O)Oc2c1c1c(c3oc([N+](=O)[O-])cc23)C=CC(C)(C)O1. The fourth-order valence-electron chi connectivity index (χ4n) is 3.71. The zero-order chi connectivity index (χ0) is 18.6. The van der Waals surface area contributed by atoms with Crippen LogP contribution in [0.25, 0.3) is 17.0 Å². The molecule has 1 aromatic carbocycles. The highest BCUT2D eigenvalue weighted by Gasteiger charge is 2.38. The third-order valence-electron chi connectivity index (χ3n) is 4.81. The second-order valence-corrected chi connectivity index (χ2v) is 7.27. The number of fused-ring (bicyclic) bond motifs is 6. The second kappa shape index (κ2) is 5.59. The molecule has 0 amide bonds. The Balaban J connectivity index is 2.08. The topological polar surface area (TPSA) is 91.8 Å². The number of carbonyl (C=O) groups is 1. The average molecular weight is 357 g/mol. The summed E-state index contributed by atoms with van der Waals surface area (Å²) >= 11 is 0. The quantitative estimate of drug-likeness (QED) is 0.342. The van der Waals surface area contributed by atoms with Crippen LogP contribution in [0.1, 0.15) is 57.1 Å². The fourth-order valence-corrected chi connectivity index (χ4v) is 3.71. The van der Waals surface area contributed by atoms with E-state index >= 15 is 0 Å². The van der Waals surface area contributed by atoms with Crippen molar-refractivity contribution in [2.24, 2.45) is 0 Å². The summed E-state index contributed by atoms with van der Waals surface area (Å²) in [6, 6.07) is 1.32. The number of rotatable bonds is 3. The van der Waals surface area contributed by atoms with Gasteiger partial charge in [0.15, 0.2) is 5.58 Å². The number of nitro groups is 1. The van der Waals surface area contributed by atoms with Crippen LogP contribution in [0.4, 0.5) is 5.88 Å². The monoisotopic (exact) mass is 357 g/mol. The Morgan fingerprint density at radius 3 is 2.81 bits per heavy atom. The summed E-state index contributed by atoms with van der Waals surface area (Å²) in [4.78, 5) is 22.8. The molecule has 0 saturated heterocycles. The van der Waals surface area contributed by atoms with E-state index < -0.39 is 10.5 Å². The molecule has 2 aromatic rings. The van der Waals surface area contributed by atoms with E-state index in [1.54, 1.807) is 0 Å². The van der Waals surface area contributed by atoms with Crippen LogP contribution in [-0.4, -0.2) is 16.5 Å². The zero-order valence-corrected chi connectivity index (χ0v) is 14.8. The van der Waals surface area contributed by atoms with Crippen molar-refractivity contribution >= 4 is 28.9 Å². The highest BCUT2D eigenvalue weighted by molar-refractivity contribution is 6.00. The maximum atomic E-state index is 12.1. The molecule has 1 aromatic heterocycles. The number of ether oxygens (including phenoxy) is 2. The van der Waals surface area contributed by atoms with Gasteiger partial charge in [-0.2, -0.15) is 0 Å². The first-order chi connectivity index (χ1) is 12.3. The zero-order valence-electron chi connectivity index (χ0n) is 14.8. The lowest BCUT2D eigenvalue weighted by Gasteiger charge is -2.34. The number of carbonyl (C=O) groups excluding carboxylic acids is 1. The van der Waals surface area contributed by atoms with E-state index in [1.807, 2.05) is 26.0 Å². The van der Waals surface area contributed by atoms with Crippen molar-refractivity contribution in [1.29, 1.82) is 0 Å². The van der Waals surface area contributed by atoms with Gasteiger partial charge in [0.1, 0.15) is 22.0 Å². The summed E-state index contributed by atoms with van der Waals surface area (Å²) < 4.78 is 17.2. The smallest absolute Gasteiger partial charge is 0.434 e. The first-order valence-electron chi connectivity index (χ1n) is 8.67.